The van der Waals surface area contributed by atoms with Crippen LogP contribution in [0.1, 0.15) is 11.1 Å². The summed E-state index contributed by atoms with van der Waals surface area (Å²) in [7, 11) is 3.34. The van der Waals surface area contributed by atoms with Gasteiger partial charge < -0.3 is 5.01 Å². The highest BCUT2D eigenvalue weighted by molar-refractivity contribution is 8.38. The number of carbonyl (C=O) groups excluding carboxylic acids is 1. The van der Waals surface area contributed by atoms with Crippen LogP contribution in [0.3, 0.4) is 0 Å². The van der Waals surface area contributed by atoms with Crippen molar-refractivity contribution in [2.75, 3.05) is 25.4 Å². The molecule has 0 unspecified atom stereocenters. The van der Waals surface area contributed by atoms with E-state index in [1.54, 1.807) is 28.5 Å². The van der Waals surface area contributed by atoms with Crippen molar-refractivity contribution >= 4 is 45.7 Å². The van der Waals surface area contributed by atoms with Gasteiger partial charge in [-0.05, 0) is 42.5 Å². The lowest BCUT2D eigenvalue weighted by Crippen LogP contribution is -2.26. The van der Waals surface area contributed by atoms with Gasteiger partial charge in [-0.15, -0.1) is 11.8 Å². The Bertz CT molecular complexity index is 736. The fraction of sp³-hybridized carbons (Fsp3) is 0.263. The Kier molecular flexibility index (Phi) is 10.6. The molecule has 0 saturated carbocycles. The third-order valence-corrected chi connectivity index (χ3v) is 5.49. The summed E-state index contributed by atoms with van der Waals surface area (Å²) in [5.74, 6) is 11.5. The summed E-state index contributed by atoms with van der Waals surface area (Å²) in [6.45, 7) is 2.12. The number of hydrogen-bond acceptors (Lipinski definition) is 7. The van der Waals surface area contributed by atoms with Crippen molar-refractivity contribution in [3.63, 3.8) is 0 Å². The summed E-state index contributed by atoms with van der Waals surface area (Å²) in [6.07, 6.45) is 2.59. The van der Waals surface area contributed by atoms with E-state index in [1.165, 1.54) is 18.2 Å². The third-order valence-electron chi connectivity index (χ3n) is 3.42. The van der Waals surface area contributed by atoms with Crippen LogP contribution >= 0.6 is 23.5 Å². The number of benzene rings is 2. The van der Waals surface area contributed by atoms with Crippen molar-refractivity contribution in [3.05, 3.63) is 59.7 Å². The normalized spacial score (nSPS) is 10.7. The molecule has 0 bridgehead atoms. The highest BCUT2D eigenvalue weighted by Gasteiger charge is 2.09. The van der Waals surface area contributed by atoms with E-state index in [0.29, 0.717) is 6.41 Å². The monoisotopic (exact) mass is 405 g/mol. The molecule has 0 saturated heterocycles. The second-order valence-electron chi connectivity index (χ2n) is 5.66. The predicted octanol–water partition coefficient (Wildman–Crippen LogP) is 3.54. The molecule has 8 heteroatoms. The highest BCUT2D eigenvalue weighted by atomic mass is 32.2. The van der Waals surface area contributed by atoms with Gasteiger partial charge in [0.15, 0.2) is 0 Å². The van der Waals surface area contributed by atoms with E-state index in [-0.39, 0.29) is 0 Å². The Morgan fingerprint density at radius 3 is 2.26 bits per heavy atom. The highest BCUT2D eigenvalue weighted by Crippen LogP contribution is 2.29. The van der Waals surface area contributed by atoms with E-state index in [0.717, 1.165) is 26.5 Å². The van der Waals surface area contributed by atoms with Gasteiger partial charge in [-0.2, -0.15) is 0 Å². The summed E-state index contributed by atoms with van der Waals surface area (Å²) in [6, 6.07) is 16.3. The molecule has 146 valence electrons. The molecule has 0 atom stereocenters. The maximum absolute atomic E-state index is 9.31. The van der Waals surface area contributed by atoms with E-state index in [4.69, 9.17) is 16.7 Å². The van der Waals surface area contributed by atoms with Crippen molar-refractivity contribution < 1.29 is 4.79 Å². The number of amides is 1. The SMILES string of the molecule is CN(N)C=O.CSC(=Nc1ccccc1)SCc1c(C)cccc1N(C)N. The number of anilines is 1. The van der Waals surface area contributed by atoms with Crippen LogP contribution in [-0.4, -0.2) is 36.1 Å². The molecule has 0 spiro atoms. The molecule has 2 aromatic rings. The average molecular weight is 406 g/mol. The molecule has 0 fully saturated rings. The lowest BCUT2D eigenvalue weighted by atomic mass is 10.1. The first-order valence-corrected chi connectivity index (χ1v) is 10.4. The lowest BCUT2D eigenvalue weighted by Gasteiger charge is -2.18. The number of nitrogens with two attached hydrogens (primary N) is 2. The number of nitrogens with zero attached hydrogens (tertiary/aromatic N) is 3. The minimum absolute atomic E-state index is 0.528. The number of para-hydroxylation sites is 1. The molecule has 0 radical (unpaired) electrons. The van der Waals surface area contributed by atoms with Crippen LogP contribution in [-0.2, 0) is 10.5 Å². The number of thioether (sulfide) groups is 2. The van der Waals surface area contributed by atoms with Gasteiger partial charge in [-0.25, -0.2) is 16.7 Å². The van der Waals surface area contributed by atoms with Gasteiger partial charge in [-0.3, -0.25) is 9.80 Å². The molecule has 0 aliphatic carbocycles. The summed E-state index contributed by atoms with van der Waals surface area (Å²) in [4.78, 5) is 14.0. The van der Waals surface area contributed by atoms with Crippen molar-refractivity contribution in [1.82, 2.24) is 5.01 Å². The molecule has 0 aliphatic rings. The number of carbonyl (C=O) groups is 1. The molecular formula is C19H27N5OS2. The zero-order chi connectivity index (χ0) is 20.2. The first-order chi connectivity index (χ1) is 12.9. The summed E-state index contributed by atoms with van der Waals surface area (Å²) in [5, 5.41) is 2.62. The Labute approximate surface area is 169 Å². The van der Waals surface area contributed by atoms with Crippen LogP contribution < -0.4 is 16.7 Å². The van der Waals surface area contributed by atoms with Crippen molar-refractivity contribution in [2.45, 2.75) is 12.7 Å². The van der Waals surface area contributed by atoms with Crippen molar-refractivity contribution in [1.29, 1.82) is 0 Å². The van der Waals surface area contributed by atoms with E-state index in [2.05, 4.69) is 25.3 Å². The predicted molar refractivity (Wildman–Crippen MR) is 120 cm³/mol. The molecule has 0 aliphatic heterocycles. The first kappa shape index (κ1) is 23.0. The maximum atomic E-state index is 9.31. The number of rotatable bonds is 5. The largest absolute Gasteiger partial charge is 0.314 e. The zero-order valence-electron chi connectivity index (χ0n) is 16.1. The topological polar surface area (TPSA) is 88.0 Å². The zero-order valence-corrected chi connectivity index (χ0v) is 17.8. The summed E-state index contributed by atoms with van der Waals surface area (Å²) < 4.78 is 1.06. The fourth-order valence-electron chi connectivity index (χ4n) is 2.08. The van der Waals surface area contributed by atoms with Gasteiger partial charge in [-0.1, -0.05) is 42.1 Å². The Balaban J connectivity index is 0.000000646. The number of hydrogen-bond donors (Lipinski definition) is 2. The molecule has 6 nitrogen and oxygen atoms in total. The summed E-state index contributed by atoms with van der Waals surface area (Å²) >= 11 is 3.42. The van der Waals surface area contributed by atoms with Crippen LogP contribution in [0.15, 0.2) is 53.5 Å². The van der Waals surface area contributed by atoms with Crippen LogP contribution in [0.25, 0.3) is 0 Å². The third kappa shape index (κ3) is 8.49. The van der Waals surface area contributed by atoms with E-state index < -0.39 is 0 Å². The molecular weight excluding hydrogens is 378 g/mol. The standard InChI is InChI=1S/C17H21N3S2.C2H6N2O/c1-13-8-7-11-16(20(2)18)15(13)12-22-17(21-3)19-14-9-5-4-6-10-14;1-4(3)2-5/h4-11H,12,18H2,1-3H3;2H,3H2,1H3. The molecule has 2 rings (SSSR count). The molecule has 2 aromatic carbocycles. The van der Waals surface area contributed by atoms with Gasteiger partial charge in [0.2, 0.25) is 6.41 Å². The minimum atomic E-state index is 0.528. The minimum Gasteiger partial charge on any atom is -0.314 e. The first-order valence-electron chi connectivity index (χ1n) is 8.19. The molecule has 0 heterocycles. The van der Waals surface area contributed by atoms with E-state index in [9.17, 15) is 4.79 Å². The summed E-state index contributed by atoms with van der Waals surface area (Å²) in [5.41, 5.74) is 4.56. The van der Waals surface area contributed by atoms with Crippen LogP contribution in [0, 0.1) is 6.92 Å². The second kappa shape index (κ2) is 12.4. The Hall–Kier alpha value is -2.00. The molecule has 27 heavy (non-hydrogen) atoms. The maximum Gasteiger partial charge on any atom is 0.223 e. The van der Waals surface area contributed by atoms with Crippen molar-refractivity contribution in [3.8, 4) is 0 Å². The molecule has 0 aromatic heterocycles. The van der Waals surface area contributed by atoms with Crippen LogP contribution in [0.2, 0.25) is 0 Å². The smallest absolute Gasteiger partial charge is 0.223 e. The van der Waals surface area contributed by atoms with Gasteiger partial charge in [0.1, 0.15) is 4.38 Å². The second-order valence-corrected chi connectivity index (χ2v) is 7.68. The molecule has 1 amide bonds. The van der Waals surface area contributed by atoms with Gasteiger partial charge in [0.25, 0.3) is 0 Å². The van der Waals surface area contributed by atoms with E-state index in [1.807, 2.05) is 43.4 Å². The van der Waals surface area contributed by atoms with Gasteiger partial charge in [0.05, 0.1) is 11.4 Å². The average Bonchev–Trinajstić information content (AvgIpc) is 2.66. The van der Waals surface area contributed by atoms with Crippen molar-refractivity contribution in [2.24, 2.45) is 16.7 Å². The quantitative estimate of drug-likeness (QED) is 0.198. The lowest BCUT2D eigenvalue weighted by molar-refractivity contribution is -0.117. The Morgan fingerprint density at radius 2 is 1.74 bits per heavy atom. The van der Waals surface area contributed by atoms with Gasteiger partial charge >= 0.3 is 0 Å². The van der Waals surface area contributed by atoms with Crippen LogP contribution in [0.4, 0.5) is 11.4 Å². The van der Waals surface area contributed by atoms with Crippen LogP contribution in [0.5, 0.6) is 0 Å². The number of aryl methyl sites for hydroxylation is 1. The number of aliphatic imine (C=N–C) groups is 1. The van der Waals surface area contributed by atoms with Gasteiger partial charge in [0, 0.05) is 19.8 Å². The fourth-order valence-corrected chi connectivity index (χ4v) is 3.74. The van der Waals surface area contributed by atoms with E-state index >= 15 is 0 Å². The Morgan fingerprint density at radius 1 is 1.11 bits per heavy atom. The number of hydrazine groups is 2. The molecule has 4 N–H and O–H groups in total.